The number of aryl methyl sites for hydroxylation is 1. The Morgan fingerprint density at radius 3 is 2.52 bits per heavy atom. The van der Waals surface area contributed by atoms with Crippen LogP contribution in [0.1, 0.15) is 22.3 Å². The molecule has 2 aromatic carbocycles. The summed E-state index contributed by atoms with van der Waals surface area (Å²) < 4.78 is 0. The van der Waals surface area contributed by atoms with E-state index in [-0.39, 0.29) is 11.3 Å². The molecule has 0 atom stereocenters. The molecule has 0 fully saturated rings. The average Bonchev–Trinajstić information content (AvgIpc) is 2.54. The predicted octanol–water partition coefficient (Wildman–Crippen LogP) is 3.01. The van der Waals surface area contributed by atoms with Crippen molar-refractivity contribution >= 4 is 29.0 Å². The van der Waals surface area contributed by atoms with Crippen LogP contribution in [-0.4, -0.2) is 27.8 Å². The fourth-order valence-corrected chi connectivity index (χ4v) is 2.29. The lowest BCUT2D eigenvalue weighted by molar-refractivity contribution is 0.0696. The average molecular weight is 330 g/mol. The Morgan fingerprint density at radius 1 is 1.13 bits per heavy atom. The lowest BCUT2D eigenvalue weighted by Crippen LogP contribution is -2.29. The first-order valence-electron chi connectivity index (χ1n) is 7.21. The third kappa shape index (κ3) is 5.27. The quantitative estimate of drug-likeness (QED) is 0.370. The number of nitrogens with one attached hydrogen (secondary N) is 2. The lowest BCUT2D eigenvalue weighted by atomic mass is 10.1. The highest BCUT2D eigenvalue weighted by molar-refractivity contribution is 7.80. The van der Waals surface area contributed by atoms with E-state index in [1.165, 1.54) is 23.8 Å². The Kier molecular flexibility index (Phi) is 5.94. The van der Waals surface area contributed by atoms with Crippen molar-refractivity contribution in [3.05, 3.63) is 59.7 Å². The number of rotatable bonds is 6. The van der Waals surface area contributed by atoms with Gasteiger partial charge in [-0.2, -0.15) is 0 Å². The molecule has 0 amide bonds. The van der Waals surface area contributed by atoms with Crippen LogP contribution in [-0.2, 0) is 6.42 Å². The highest BCUT2D eigenvalue weighted by atomic mass is 32.1. The number of hydrogen-bond donors (Lipinski definition) is 4. The van der Waals surface area contributed by atoms with Crippen LogP contribution in [0.4, 0.5) is 5.69 Å². The molecule has 0 saturated heterocycles. The Morgan fingerprint density at radius 2 is 1.87 bits per heavy atom. The van der Waals surface area contributed by atoms with Crippen molar-refractivity contribution in [1.82, 2.24) is 5.32 Å². The van der Waals surface area contributed by atoms with E-state index < -0.39 is 5.97 Å². The lowest BCUT2D eigenvalue weighted by Gasteiger charge is -2.12. The zero-order chi connectivity index (χ0) is 16.7. The maximum absolute atomic E-state index is 10.8. The van der Waals surface area contributed by atoms with Gasteiger partial charge in [0.2, 0.25) is 0 Å². The number of hydrogen-bond acceptors (Lipinski definition) is 3. The summed E-state index contributed by atoms with van der Waals surface area (Å²) in [5.41, 5.74) is 1.67. The normalized spacial score (nSPS) is 10.1. The van der Waals surface area contributed by atoms with Gasteiger partial charge in [0.15, 0.2) is 5.11 Å². The summed E-state index contributed by atoms with van der Waals surface area (Å²) in [5, 5.41) is 24.9. The molecule has 0 radical (unpaired) electrons. The SMILES string of the molecule is O=C(O)c1ccc(NC(=S)NCCCc2ccccc2)c(O)c1. The number of carbonyl (C=O) groups is 1. The van der Waals surface area contributed by atoms with E-state index in [9.17, 15) is 9.90 Å². The first kappa shape index (κ1) is 16.8. The van der Waals surface area contributed by atoms with Gasteiger partial charge >= 0.3 is 5.97 Å². The monoisotopic (exact) mass is 330 g/mol. The molecular weight excluding hydrogens is 312 g/mol. The van der Waals surface area contributed by atoms with Gasteiger partial charge in [-0.05, 0) is 48.8 Å². The summed E-state index contributed by atoms with van der Waals surface area (Å²) >= 11 is 5.16. The molecule has 0 spiro atoms. The van der Waals surface area contributed by atoms with Crippen LogP contribution in [0.2, 0.25) is 0 Å². The number of phenols is 1. The van der Waals surface area contributed by atoms with Crippen molar-refractivity contribution in [3.63, 3.8) is 0 Å². The van der Waals surface area contributed by atoms with Crippen LogP contribution >= 0.6 is 12.2 Å². The number of aromatic hydroxyl groups is 1. The summed E-state index contributed by atoms with van der Waals surface area (Å²) in [6.07, 6.45) is 1.88. The largest absolute Gasteiger partial charge is 0.506 e. The van der Waals surface area contributed by atoms with Crippen molar-refractivity contribution < 1.29 is 15.0 Å². The van der Waals surface area contributed by atoms with Gasteiger partial charge < -0.3 is 20.8 Å². The van der Waals surface area contributed by atoms with Crippen molar-refractivity contribution in [2.45, 2.75) is 12.8 Å². The number of aromatic carboxylic acids is 1. The highest BCUT2D eigenvalue weighted by Crippen LogP contribution is 2.24. The van der Waals surface area contributed by atoms with E-state index in [4.69, 9.17) is 17.3 Å². The van der Waals surface area contributed by atoms with Crippen LogP contribution in [0.15, 0.2) is 48.5 Å². The van der Waals surface area contributed by atoms with Gasteiger partial charge in [0.1, 0.15) is 5.75 Å². The number of carboxylic acids is 1. The highest BCUT2D eigenvalue weighted by Gasteiger charge is 2.08. The molecule has 0 aliphatic rings. The topological polar surface area (TPSA) is 81.6 Å². The smallest absolute Gasteiger partial charge is 0.335 e. The van der Waals surface area contributed by atoms with Crippen LogP contribution in [0.5, 0.6) is 5.75 Å². The van der Waals surface area contributed by atoms with Gasteiger partial charge in [0.05, 0.1) is 11.3 Å². The fraction of sp³-hybridized carbons (Fsp3) is 0.176. The van der Waals surface area contributed by atoms with E-state index in [0.717, 1.165) is 12.8 Å². The second kappa shape index (κ2) is 8.14. The van der Waals surface area contributed by atoms with E-state index in [1.54, 1.807) is 0 Å². The van der Waals surface area contributed by atoms with Crippen molar-refractivity contribution in [2.24, 2.45) is 0 Å². The molecule has 4 N–H and O–H groups in total. The molecule has 0 aromatic heterocycles. The van der Waals surface area contributed by atoms with Crippen molar-refractivity contribution in [2.75, 3.05) is 11.9 Å². The molecule has 2 aromatic rings. The summed E-state index contributed by atoms with van der Waals surface area (Å²) in [4.78, 5) is 10.8. The zero-order valence-electron chi connectivity index (χ0n) is 12.5. The summed E-state index contributed by atoms with van der Waals surface area (Å²) in [6.45, 7) is 0.703. The molecule has 120 valence electrons. The maximum Gasteiger partial charge on any atom is 0.335 e. The minimum Gasteiger partial charge on any atom is -0.506 e. The summed E-state index contributed by atoms with van der Waals surface area (Å²) in [6, 6.07) is 14.2. The third-order valence-corrected chi connectivity index (χ3v) is 3.51. The van der Waals surface area contributed by atoms with Crippen LogP contribution in [0.3, 0.4) is 0 Å². The Hall–Kier alpha value is -2.60. The van der Waals surface area contributed by atoms with Gasteiger partial charge in [-0.3, -0.25) is 0 Å². The Labute approximate surface area is 140 Å². The number of benzene rings is 2. The van der Waals surface area contributed by atoms with E-state index in [2.05, 4.69) is 22.8 Å². The number of anilines is 1. The van der Waals surface area contributed by atoms with E-state index >= 15 is 0 Å². The van der Waals surface area contributed by atoms with Gasteiger partial charge in [0.25, 0.3) is 0 Å². The molecular formula is C17H18N2O3S. The minimum absolute atomic E-state index is 0.0230. The second-order valence-electron chi connectivity index (χ2n) is 5.01. The molecule has 6 heteroatoms. The number of thiocarbonyl (C=S) groups is 1. The standard InChI is InChI=1S/C17H18N2O3S/c20-15-11-13(16(21)22)8-9-14(15)19-17(23)18-10-4-7-12-5-2-1-3-6-12/h1-3,5-6,8-9,11,20H,4,7,10H2,(H,21,22)(H2,18,19,23). The van der Waals surface area contributed by atoms with Crippen molar-refractivity contribution in [3.8, 4) is 5.75 Å². The third-order valence-electron chi connectivity index (χ3n) is 3.26. The maximum atomic E-state index is 10.8. The molecule has 5 nitrogen and oxygen atoms in total. The molecule has 0 aliphatic heterocycles. The first-order valence-corrected chi connectivity index (χ1v) is 7.62. The molecule has 0 heterocycles. The van der Waals surface area contributed by atoms with Gasteiger partial charge in [-0.25, -0.2) is 4.79 Å². The Bertz CT molecular complexity index is 689. The van der Waals surface area contributed by atoms with Gasteiger partial charge in [0, 0.05) is 6.54 Å². The summed E-state index contributed by atoms with van der Waals surface area (Å²) in [5.74, 6) is -1.24. The molecule has 23 heavy (non-hydrogen) atoms. The van der Waals surface area contributed by atoms with Crippen LogP contribution in [0, 0.1) is 0 Å². The predicted molar refractivity (Wildman–Crippen MR) is 94.1 cm³/mol. The van der Waals surface area contributed by atoms with Crippen LogP contribution in [0.25, 0.3) is 0 Å². The van der Waals surface area contributed by atoms with Crippen molar-refractivity contribution in [1.29, 1.82) is 0 Å². The number of phenolic OH excluding ortho intramolecular Hbond substituents is 1. The zero-order valence-corrected chi connectivity index (χ0v) is 13.3. The van der Waals surface area contributed by atoms with Gasteiger partial charge in [-0.15, -0.1) is 0 Å². The van der Waals surface area contributed by atoms with E-state index in [0.29, 0.717) is 17.3 Å². The minimum atomic E-state index is -1.09. The van der Waals surface area contributed by atoms with E-state index in [1.807, 2.05) is 18.2 Å². The van der Waals surface area contributed by atoms with Crippen LogP contribution < -0.4 is 10.6 Å². The molecule has 0 aliphatic carbocycles. The molecule has 0 unspecified atom stereocenters. The summed E-state index contributed by atoms with van der Waals surface area (Å²) in [7, 11) is 0. The Balaban J connectivity index is 1.77. The molecule has 2 rings (SSSR count). The molecule has 0 saturated carbocycles. The molecule has 0 bridgehead atoms. The first-order chi connectivity index (χ1) is 11.1. The number of carboxylic acid groups (broad SMARTS) is 1. The van der Waals surface area contributed by atoms with Gasteiger partial charge in [-0.1, -0.05) is 30.3 Å². The second-order valence-corrected chi connectivity index (χ2v) is 5.42. The fourth-order valence-electron chi connectivity index (χ4n) is 2.08.